The van der Waals surface area contributed by atoms with Gasteiger partial charge in [-0.05, 0) is 24.5 Å². The molecule has 2 nitrogen and oxygen atoms in total. The van der Waals surface area contributed by atoms with Crippen LogP contribution in [0.2, 0.25) is 0 Å². The second-order valence-electron chi connectivity index (χ2n) is 3.75. The van der Waals surface area contributed by atoms with Crippen molar-refractivity contribution in [2.45, 2.75) is 26.7 Å². The van der Waals surface area contributed by atoms with Crippen LogP contribution in [0.3, 0.4) is 0 Å². The van der Waals surface area contributed by atoms with Crippen molar-refractivity contribution in [2.75, 3.05) is 0 Å². The van der Waals surface area contributed by atoms with E-state index in [2.05, 4.69) is 19.1 Å². The van der Waals surface area contributed by atoms with Crippen LogP contribution in [0, 0.1) is 5.92 Å². The van der Waals surface area contributed by atoms with E-state index in [0.29, 0.717) is 5.92 Å². The molecule has 2 aliphatic rings. The summed E-state index contributed by atoms with van der Waals surface area (Å²) in [6.45, 7) is 3.76. The lowest BCUT2D eigenvalue weighted by atomic mass is 9.91. The smallest absolute Gasteiger partial charge is 0.227 e. The molecule has 74 valence electrons. The average molecular weight is 189 g/mol. The highest BCUT2D eigenvalue weighted by Crippen LogP contribution is 2.38. The first kappa shape index (κ1) is 9.25. The van der Waals surface area contributed by atoms with Gasteiger partial charge in [-0.15, -0.1) is 0 Å². The van der Waals surface area contributed by atoms with Gasteiger partial charge in [0.15, 0.2) is 0 Å². The molecule has 0 fully saturated rings. The minimum absolute atomic E-state index is 0.111. The lowest BCUT2D eigenvalue weighted by molar-refractivity contribution is -0.124. The summed E-state index contributed by atoms with van der Waals surface area (Å²) in [5.41, 5.74) is 2.52. The predicted octanol–water partition coefficient (Wildman–Crippen LogP) is 2.60. The van der Waals surface area contributed by atoms with Crippen molar-refractivity contribution in [3.8, 4) is 0 Å². The summed E-state index contributed by atoms with van der Waals surface area (Å²) in [6.07, 6.45) is 10.3. The SMILES string of the molecule is CCC1=CN(C(C)=O)C2=CC=CCC12. The minimum Gasteiger partial charge on any atom is -0.291 e. The Labute approximate surface area is 84.6 Å². The fraction of sp³-hybridized carbons (Fsp3) is 0.417. The average Bonchev–Trinajstić information content (AvgIpc) is 2.56. The third-order valence-corrected chi connectivity index (χ3v) is 2.90. The fourth-order valence-corrected chi connectivity index (χ4v) is 2.15. The molecular weight excluding hydrogens is 174 g/mol. The van der Waals surface area contributed by atoms with E-state index in [1.54, 1.807) is 11.8 Å². The Morgan fingerprint density at radius 2 is 2.43 bits per heavy atom. The van der Waals surface area contributed by atoms with Gasteiger partial charge >= 0.3 is 0 Å². The number of amides is 1. The molecule has 0 spiro atoms. The van der Waals surface area contributed by atoms with Crippen molar-refractivity contribution in [3.05, 3.63) is 35.7 Å². The van der Waals surface area contributed by atoms with Crippen molar-refractivity contribution in [3.63, 3.8) is 0 Å². The van der Waals surface area contributed by atoms with Crippen LogP contribution >= 0.6 is 0 Å². The van der Waals surface area contributed by atoms with Gasteiger partial charge < -0.3 is 0 Å². The summed E-state index contributed by atoms with van der Waals surface area (Å²) >= 11 is 0. The molecule has 1 aliphatic carbocycles. The van der Waals surface area contributed by atoms with Crippen LogP contribution in [-0.2, 0) is 4.79 Å². The minimum atomic E-state index is 0.111. The highest BCUT2D eigenvalue weighted by molar-refractivity contribution is 5.78. The van der Waals surface area contributed by atoms with Gasteiger partial charge in [0, 0.05) is 24.7 Å². The molecule has 1 amide bonds. The van der Waals surface area contributed by atoms with Crippen LogP contribution < -0.4 is 0 Å². The Kier molecular flexibility index (Phi) is 2.28. The van der Waals surface area contributed by atoms with Crippen molar-refractivity contribution in [1.82, 2.24) is 4.90 Å². The van der Waals surface area contributed by atoms with Crippen LogP contribution in [0.25, 0.3) is 0 Å². The van der Waals surface area contributed by atoms with Gasteiger partial charge in [0.2, 0.25) is 5.91 Å². The van der Waals surface area contributed by atoms with Crippen molar-refractivity contribution in [1.29, 1.82) is 0 Å². The normalized spacial score (nSPS) is 24.4. The molecule has 1 unspecified atom stereocenters. The van der Waals surface area contributed by atoms with Crippen LogP contribution in [0.4, 0.5) is 0 Å². The molecule has 2 rings (SSSR count). The van der Waals surface area contributed by atoms with Gasteiger partial charge in [-0.2, -0.15) is 0 Å². The summed E-state index contributed by atoms with van der Waals surface area (Å²) in [7, 11) is 0. The first-order valence-electron chi connectivity index (χ1n) is 5.11. The highest BCUT2D eigenvalue weighted by Gasteiger charge is 2.30. The van der Waals surface area contributed by atoms with Crippen LogP contribution in [0.1, 0.15) is 26.7 Å². The number of allylic oxidation sites excluding steroid dienone is 4. The van der Waals surface area contributed by atoms with Crippen molar-refractivity contribution >= 4 is 5.91 Å². The zero-order chi connectivity index (χ0) is 10.1. The molecule has 1 aliphatic heterocycles. The maximum atomic E-state index is 11.4. The number of fused-ring (bicyclic) bond motifs is 1. The lowest BCUT2D eigenvalue weighted by Crippen LogP contribution is -2.22. The molecule has 1 atom stereocenters. The Hall–Kier alpha value is -1.31. The molecule has 0 saturated carbocycles. The highest BCUT2D eigenvalue weighted by atomic mass is 16.2. The molecule has 0 saturated heterocycles. The zero-order valence-electron chi connectivity index (χ0n) is 8.66. The number of hydrogen-bond acceptors (Lipinski definition) is 1. The third kappa shape index (κ3) is 1.31. The topological polar surface area (TPSA) is 20.3 Å². The summed E-state index contributed by atoms with van der Waals surface area (Å²) in [5.74, 6) is 0.564. The van der Waals surface area contributed by atoms with E-state index < -0.39 is 0 Å². The van der Waals surface area contributed by atoms with E-state index in [1.165, 1.54) is 5.57 Å². The summed E-state index contributed by atoms with van der Waals surface area (Å²) < 4.78 is 0. The van der Waals surface area contributed by atoms with Crippen LogP contribution in [0.5, 0.6) is 0 Å². The van der Waals surface area contributed by atoms with Gasteiger partial charge in [0.05, 0.1) is 0 Å². The quantitative estimate of drug-likeness (QED) is 0.621. The largest absolute Gasteiger partial charge is 0.291 e. The number of carbonyl (C=O) groups is 1. The molecule has 1 heterocycles. The lowest BCUT2D eigenvalue weighted by Gasteiger charge is -2.21. The van der Waals surface area contributed by atoms with Gasteiger partial charge in [-0.25, -0.2) is 0 Å². The van der Waals surface area contributed by atoms with Crippen molar-refractivity contribution < 1.29 is 4.79 Å². The second-order valence-corrected chi connectivity index (χ2v) is 3.75. The second kappa shape index (κ2) is 3.45. The molecule has 0 aromatic heterocycles. The Bertz CT molecular complexity index is 349. The van der Waals surface area contributed by atoms with E-state index in [1.807, 2.05) is 12.3 Å². The van der Waals surface area contributed by atoms with Crippen molar-refractivity contribution in [2.24, 2.45) is 5.92 Å². The maximum Gasteiger partial charge on any atom is 0.227 e. The van der Waals surface area contributed by atoms with Crippen LogP contribution in [-0.4, -0.2) is 10.8 Å². The van der Waals surface area contributed by atoms with Gasteiger partial charge in [-0.1, -0.05) is 19.1 Å². The Balaban J connectivity index is 2.35. The van der Waals surface area contributed by atoms with E-state index in [4.69, 9.17) is 0 Å². The molecule has 0 aromatic carbocycles. The number of rotatable bonds is 1. The van der Waals surface area contributed by atoms with E-state index in [-0.39, 0.29) is 5.91 Å². The molecule has 0 N–H and O–H groups in total. The molecular formula is C12H15NO. The number of hydrogen-bond donors (Lipinski definition) is 0. The van der Waals surface area contributed by atoms with E-state index in [0.717, 1.165) is 18.5 Å². The Morgan fingerprint density at radius 3 is 3.07 bits per heavy atom. The van der Waals surface area contributed by atoms with Gasteiger partial charge in [-0.3, -0.25) is 9.69 Å². The van der Waals surface area contributed by atoms with Gasteiger partial charge in [0.1, 0.15) is 0 Å². The molecule has 0 aromatic rings. The first-order chi connectivity index (χ1) is 6.74. The summed E-state index contributed by atoms with van der Waals surface area (Å²) in [5, 5.41) is 0. The van der Waals surface area contributed by atoms with Crippen LogP contribution in [0.15, 0.2) is 35.7 Å². The number of nitrogens with zero attached hydrogens (tertiary/aromatic N) is 1. The summed E-state index contributed by atoms with van der Waals surface area (Å²) in [6, 6.07) is 0. The third-order valence-electron chi connectivity index (χ3n) is 2.90. The first-order valence-corrected chi connectivity index (χ1v) is 5.11. The van der Waals surface area contributed by atoms with E-state index >= 15 is 0 Å². The molecule has 14 heavy (non-hydrogen) atoms. The number of carbonyl (C=O) groups excluding carboxylic acids is 1. The predicted molar refractivity (Wildman–Crippen MR) is 56.2 cm³/mol. The van der Waals surface area contributed by atoms with Gasteiger partial charge in [0.25, 0.3) is 0 Å². The zero-order valence-corrected chi connectivity index (χ0v) is 8.66. The summed E-state index contributed by atoms with van der Waals surface area (Å²) in [4.78, 5) is 13.2. The standard InChI is InChI=1S/C12H15NO/c1-3-10-8-13(9(2)14)12-7-5-4-6-11(10)12/h4-5,7-8,11H,3,6H2,1-2H3. The molecule has 0 bridgehead atoms. The maximum absolute atomic E-state index is 11.4. The monoisotopic (exact) mass is 189 g/mol. The fourth-order valence-electron chi connectivity index (χ4n) is 2.15. The molecule has 2 heteroatoms. The molecule has 0 radical (unpaired) electrons. The Morgan fingerprint density at radius 1 is 1.64 bits per heavy atom. The van der Waals surface area contributed by atoms with E-state index in [9.17, 15) is 4.79 Å².